The first-order valence-electron chi connectivity index (χ1n) is 5.44. The van der Waals surface area contributed by atoms with Crippen LogP contribution in [-0.2, 0) is 0 Å². The number of carbonyl (C=O) groups excluding carboxylic acids is 2. The third-order valence-electron chi connectivity index (χ3n) is 2.54. The van der Waals surface area contributed by atoms with Crippen LogP contribution in [0.25, 0.3) is 0 Å². The van der Waals surface area contributed by atoms with Gasteiger partial charge < -0.3 is 14.8 Å². The highest BCUT2D eigenvalue weighted by Crippen LogP contribution is 2.40. The lowest BCUT2D eigenvalue weighted by Crippen LogP contribution is -2.23. The molecule has 0 radical (unpaired) electrons. The van der Waals surface area contributed by atoms with Crippen molar-refractivity contribution in [1.29, 1.82) is 0 Å². The number of halogens is 1. The third kappa shape index (κ3) is 2.19. The monoisotopic (exact) mass is 269 g/mol. The number of hydrogen-bond donors (Lipinski definition) is 1. The average molecular weight is 270 g/mol. The van der Waals surface area contributed by atoms with E-state index in [-0.39, 0.29) is 34.2 Å². The average Bonchev–Trinajstić information content (AvgIpc) is 2.37. The molecule has 1 aromatic rings. The van der Waals surface area contributed by atoms with Crippen molar-refractivity contribution in [1.82, 2.24) is 5.32 Å². The van der Waals surface area contributed by atoms with Gasteiger partial charge in [0.05, 0.1) is 22.7 Å². The molecule has 0 atom stereocenters. The van der Waals surface area contributed by atoms with Gasteiger partial charge in [-0.05, 0) is 13.1 Å². The SMILES string of the molecule is CNCC(=O)c1c(Cl)cc(C=O)c2c1OCCO2. The van der Waals surface area contributed by atoms with E-state index in [9.17, 15) is 9.59 Å². The van der Waals surface area contributed by atoms with Crippen LogP contribution in [0, 0.1) is 0 Å². The summed E-state index contributed by atoms with van der Waals surface area (Å²) in [4.78, 5) is 22.9. The first-order chi connectivity index (χ1) is 8.69. The van der Waals surface area contributed by atoms with E-state index < -0.39 is 0 Å². The summed E-state index contributed by atoms with van der Waals surface area (Å²) in [7, 11) is 1.66. The highest BCUT2D eigenvalue weighted by molar-refractivity contribution is 6.35. The summed E-state index contributed by atoms with van der Waals surface area (Å²) in [6.07, 6.45) is 0.631. The first-order valence-corrected chi connectivity index (χ1v) is 5.82. The van der Waals surface area contributed by atoms with Gasteiger partial charge in [0.15, 0.2) is 23.6 Å². The van der Waals surface area contributed by atoms with E-state index in [1.807, 2.05) is 0 Å². The van der Waals surface area contributed by atoms with Crippen molar-refractivity contribution in [3.63, 3.8) is 0 Å². The third-order valence-corrected chi connectivity index (χ3v) is 2.83. The lowest BCUT2D eigenvalue weighted by Gasteiger charge is -2.22. The minimum Gasteiger partial charge on any atom is -0.485 e. The van der Waals surface area contributed by atoms with E-state index >= 15 is 0 Å². The lowest BCUT2D eigenvalue weighted by molar-refractivity contribution is 0.0979. The summed E-state index contributed by atoms with van der Waals surface area (Å²) in [5.74, 6) is 0.345. The molecule has 1 aliphatic heterocycles. The van der Waals surface area contributed by atoms with Gasteiger partial charge in [-0.2, -0.15) is 0 Å². The van der Waals surface area contributed by atoms with E-state index in [2.05, 4.69) is 5.32 Å². The van der Waals surface area contributed by atoms with Crippen LogP contribution in [0.3, 0.4) is 0 Å². The Morgan fingerprint density at radius 1 is 1.44 bits per heavy atom. The summed E-state index contributed by atoms with van der Waals surface area (Å²) in [5.41, 5.74) is 0.544. The minimum absolute atomic E-state index is 0.135. The molecule has 1 heterocycles. The zero-order valence-electron chi connectivity index (χ0n) is 9.79. The number of hydrogen-bond acceptors (Lipinski definition) is 5. The van der Waals surface area contributed by atoms with Gasteiger partial charge in [0, 0.05) is 0 Å². The maximum atomic E-state index is 12.0. The molecule has 0 aliphatic carbocycles. The molecule has 6 heteroatoms. The van der Waals surface area contributed by atoms with Gasteiger partial charge in [0.1, 0.15) is 13.2 Å². The fraction of sp³-hybridized carbons (Fsp3) is 0.333. The molecule has 0 aromatic heterocycles. The van der Waals surface area contributed by atoms with Crippen molar-refractivity contribution in [2.45, 2.75) is 0 Å². The predicted octanol–water partition coefficient (Wildman–Crippen LogP) is 1.33. The second-order valence-corrected chi connectivity index (χ2v) is 4.16. The summed E-state index contributed by atoms with van der Waals surface area (Å²) in [6.45, 7) is 0.802. The summed E-state index contributed by atoms with van der Waals surface area (Å²) in [5, 5.41) is 2.95. The summed E-state index contributed by atoms with van der Waals surface area (Å²) < 4.78 is 10.8. The van der Waals surface area contributed by atoms with Crippen molar-refractivity contribution in [3.8, 4) is 11.5 Å². The number of nitrogens with one attached hydrogen (secondary N) is 1. The topological polar surface area (TPSA) is 64.6 Å². The molecular formula is C12H12ClNO4. The molecule has 0 unspecified atom stereocenters. The van der Waals surface area contributed by atoms with Crippen molar-refractivity contribution >= 4 is 23.7 Å². The van der Waals surface area contributed by atoms with Gasteiger partial charge in [0.2, 0.25) is 0 Å². The molecule has 96 valence electrons. The number of ether oxygens (including phenoxy) is 2. The van der Waals surface area contributed by atoms with Gasteiger partial charge in [-0.1, -0.05) is 11.6 Å². The molecule has 0 amide bonds. The van der Waals surface area contributed by atoms with E-state index in [0.29, 0.717) is 25.2 Å². The van der Waals surface area contributed by atoms with Crippen LogP contribution in [0.5, 0.6) is 11.5 Å². The van der Waals surface area contributed by atoms with Crippen LogP contribution in [0.2, 0.25) is 5.02 Å². The Hall–Kier alpha value is -1.59. The van der Waals surface area contributed by atoms with E-state index in [1.165, 1.54) is 6.07 Å². The van der Waals surface area contributed by atoms with Gasteiger partial charge in [-0.3, -0.25) is 9.59 Å². The van der Waals surface area contributed by atoms with Crippen molar-refractivity contribution in [3.05, 3.63) is 22.2 Å². The Labute approximate surface area is 109 Å². The molecule has 1 aliphatic rings. The largest absolute Gasteiger partial charge is 0.485 e. The number of benzene rings is 1. The number of ketones is 1. The predicted molar refractivity (Wildman–Crippen MR) is 66.1 cm³/mol. The number of fused-ring (bicyclic) bond motifs is 1. The Bertz CT molecular complexity index is 501. The normalized spacial score (nSPS) is 13.2. The van der Waals surface area contributed by atoms with Crippen LogP contribution >= 0.6 is 11.6 Å². The number of aldehydes is 1. The molecule has 5 nitrogen and oxygen atoms in total. The minimum atomic E-state index is -0.207. The maximum absolute atomic E-state index is 12.0. The number of Topliss-reactive ketones (excluding diaryl/α,β-unsaturated/α-hetero) is 1. The van der Waals surface area contributed by atoms with Crippen LogP contribution in [0.4, 0.5) is 0 Å². The second-order valence-electron chi connectivity index (χ2n) is 3.75. The van der Waals surface area contributed by atoms with E-state index in [4.69, 9.17) is 21.1 Å². The fourth-order valence-corrected chi connectivity index (χ4v) is 2.11. The summed E-state index contributed by atoms with van der Waals surface area (Å²) >= 11 is 6.03. The fourth-order valence-electron chi connectivity index (χ4n) is 1.80. The van der Waals surface area contributed by atoms with Gasteiger partial charge in [-0.25, -0.2) is 0 Å². The molecule has 0 saturated heterocycles. The van der Waals surface area contributed by atoms with Crippen molar-refractivity contribution < 1.29 is 19.1 Å². The van der Waals surface area contributed by atoms with Crippen LogP contribution in [0.15, 0.2) is 6.07 Å². The lowest BCUT2D eigenvalue weighted by atomic mass is 10.0. The summed E-state index contributed by atoms with van der Waals surface area (Å²) in [6, 6.07) is 1.42. The molecular weight excluding hydrogens is 258 g/mol. The molecule has 1 N–H and O–H groups in total. The Morgan fingerprint density at radius 3 is 2.72 bits per heavy atom. The molecule has 0 spiro atoms. The molecule has 1 aromatic carbocycles. The molecule has 0 bridgehead atoms. The van der Waals surface area contributed by atoms with E-state index in [0.717, 1.165) is 0 Å². The van der Waals surface area contributed by atoms with Crippen molar-refractivity contribution in [2.24, 2.45) is 0 Å². The number of carbonyl (C=O) groups is 2. The quantitative estimate of drug-likeness (QED) is 0.660. The van der Waals surface area contributed by atoms with Crippen molar-refractivity contribution in [2.75, 3.05) is 26.8 Å². The standard InChI is InChI=1S/C12H12ClNO4/c1-14-5-9(16)10-8(13)4-7(6-15)11-12(10)18-3-2-17-11/h4,6,14H,2-3,5H2,1H3. The zero-order valence-corrected chi connectivity index (χ0v) is 10.5. The van der Waals surface area contributed by atoms with Gasteiger partial charge in [-0.15, -0.1) is 0 Å². The van der Waals surface area contributed by atoms with Crippen LogP contribution in [-0.4, -0.2) is 38.9 Å². The van der Waals surface area contributed by atoms with Crippen LogP contribution in [0.1, 0.15) is 20.7 Å². The Balaban J connectivity index is 2.58. The smallest absolute Gasteiger partial charge is 0.181 e. The van der Waals surface area contributed by atoms with Crippen LogP contribution < -0.4 is 14.8 Å². The highest BCUT2D eigenvalue weighted by Gasteiger charge is 2.26. The first kappa shape index (κ1) is 12.9. The molecule has 0 fully saturated rings. The number of rotatable bonds is 4. The molecule has 2 rings (SSSR count). The second kappa shape index (κ2) is 5.37. The van der Waals surface area contributed by atoms with Gasteiger partial charge >= 0.3 is 0 Å². The zero-order chi connectivity index (χ0) is 13.1. The van der Waals surface area contributed by atoms with E-state index in [1.54, 1.807) is 7.05 Å². The molecule has 0 saturated carbocycles. The van der Waals surface area contributed by atoms with Gasteiger partial charge in [0.25, 0.3) is 0 Å². The Morgan fingerprint density at radius 2 is 2.11 bits per heavy atom. The Kier molecular flexibility index (Phi) is 3.84. The maximum Gasteiger partial charge on any atom is 0.181 e. The molecule has 18 heavy (non-hydrogen) atoms. The highest BCUT2D eigenvalue weighted by atomic mass is 35.5. The number of likely N-dealkylation sites (N-methyl/N-ethyl adjacent to an activating group) is 1.